The summed E-state index contributed by atoms with van der Waals surface area (Å²) in [6.45, 7) is 6.14. The highest BCUT2D eigenvalue weighted by Crippen LogP contribution is 2.20. The van der Waals surface area contributed by atoms with E-state index < -0.39 is 0 Å². The first kappa shape index (κ1) is 13.8. The zero-order valence-corrected chi connectivity index (χ0v) is 12.3. The molecule has 5 heteroatoms. The average Bonchev–Trinajstić information content (AvgIpc) is 2.56. The van der Waals surface area contributed by atoms with E-state index in [4.69, 9.17) is 0 Å². The molecule has 0 atom stereocenters. The summed E-state index contributed by atoms with van der Waals surface area (Å²) in [7, 11) is 0. The lowest BCUT2D eigenvalue weighted by Crippen LogP contribution is -2.43. The Hall–Kier alpha value is -2.14. The van der Waals surface area contributed by atoms with E-state index in [1.54, 1.807) is 0 Å². The molecule has 1 saturated heterocycles. The fourth-order valence-corrected chi connectivity index (χ4v) is 2.55. The Kier molecular flexibility index (Phi) is 4.31. The molecule has 0 spiro atoms. The number of para-hydroxylation sites is 1. The van der Waals surface area contributed by atoms with Crippen LogP contribution in [0.15, 0.2) is 36.5 Å². The molecule has 0 aliphatic carbocycles. The fraction of sp³-hybridized carbons (Fsp3) is 0.375. The van der Waals surface area contributed by atoms with Crippen molar-refractivity contribution in [2.24, 2.45) is 0 Å². The van der Waals surface area contributed by atoms with E-state index in [9.17, 15) is 0 Å². The zero-order valence-electron chi connectivity index (χ0n) is 12.3. The largest absolute Gasteiger partial charge is 0.354 e. The van der Waals surface area contributed by atoms with E-state index in [0.717, 1.165) is 44.1 Å². The maximum Gasteiger partial charge on any atom is 0.229 e. The van der Waals surface area contributed by atoms with Crippen molar-refractivity contribution in [3.05, 3.63) is 42.1 Å². The van der Waals surface area contributed by atoms with Crippen LogP contribution >= 0.6 is 0 Å². The number of piperazine rings is 1. The van der Waals surface area contributed by atoms with Crippen LogP contribution in [0.4, 0.5) is 17.5 Å². The number of nitrogens with one attached hydrogen (secondary N) is 2. The van der Waals surface area contributed by atoms with Gasteiger partial charge in [0.15, 0.2) is 0 Å². The van der Waals surface area contributed by atoms with Crippen LogP contribution in [0.3, 0.4) is 0 Å². The van der Waals surface area contributed by atoms with Crippen molar-refractivity contribution in [1.29, 1.82) is 0 Å². The molecule has 2 aromatic rings. The summed E-state index contributed by atoms with van der Waals surface area (Å²) in [5.41, 5.74) is 2.35. The molecule has 0 radical (unpaired) electrons. The number of anilines is 3. The molecule has 21 heavy (non-hydrogen) atoms. The second kappa shape index (κ2) is 6.54. The predicted molar refractivity (Wildman–Crippen MR) is 86.2 cm³/mol. The molecule has 0 amide bonds. The number of hydrogen-bond acceptors (Lipinski definition) is 5. The summed E-state index contributed by atoms with van der Waals surface area (Å²) in [6.07, 6.45) is 2.81. The molecule has 2 N–H and O–H groups in total. The lowest BCUT2D eigenvalue weighted by atomic mass is 10.1. The monoisotopic (exact) mass is 283 g/mol. The molecule has 1 aliphatic rings. The Balaban J connectivity index is 1.79. The minimum Gasteiger partial charge on any atom is -0.354 e. The molecular formula is C16H21N5. The predicted octanol–water partition coefficient (Wildman–Crippen LogP) is 2.19. The molecule has 1 aromatic carbocycles. The van der Waals surface area contributed by atoms with Crippen LogP contribution in [0.1, 0.15) is 12.5 Å². The summed E-state index contributed by atoms with van der Waals surface area (Å²) < 4.78 is 0. The molecule has 0 saturated carbocycles. The van der Waals surface area contributed by atoms with Crippen molar-refractivity contribution < 1.29 is 0 Å². The minimum atomic E-state index is 0.659. The maximum atomic E-state index is 4.64. The third-order valence-corrected chi connectivity index (χ3v) is 3.73. The topological polar surface area (TPSA) is 53.1 Å². The van der Waals surface area contributed by atoms with Gasteiger partial charge in [0.25, 0.3) is 0 Å². The summed E-state index contributed by atoms with van der Waals surface area (Å²) >= 11 is 0. The third kappa shape index (κ3) is 3.31. The van der Waals surface area contributed by atoms with Gasteiger partial charge in [-0.25, -0.2) is 4.98 Å². The number of benzene rings is 1. The highest BCUT2D eigenvalue weighted by atomic mass is 15.3. The highest BCUT2D eigenvalue weighted by Gasteiger charge is 2.12. The highest BCUT2D eigenvalue weighted by molar-refractivity contribution is 5.59. The number of aryl methyl sites for hydroxylation is 1. The molecule has 2 heterocycles. The SMILES string of the molecule is CCc1ccccc1Nc1nccc(N2CCNCC2)n1. The Labute approximate surface area is 125 Å². The van der Waals surface area contributed by atoms with Crippen molar-refractivity contribution in [2.45, 2.75) is 13.3 Å². The smallest absolute Gasteiger partial charge is 0.229 e. The van der Waals surface area contributed by atoms with Crippen LogP contribution in [0.2, 0.25) is 0 Å². The van der Waals surface area contributed by atoms with E-state index in [0.29, 0.717) is 5.95 Å². The van der Waals surface area contributed by atoms with Gasteiger partial charge >= 0.3 is 0 Å². The lowest BCUT2D eigenvalue weighted by molar-refractivity contribution is 0.585. The van der Waals surface area contributed by atoms with Gasteiger partial charge in [0, 0.05) is 38.1 Å². The molecule has 1 aliphatic heterocycles. The second-order valence-electron chi connectivity index (χ2n) is 5.11. The van der Waals surface area contributed by atoms with Gasteiger partial charge in [-0.15, -0.1) is 0 Å². The standard InChI is InChI=1S/C16H21N5/c1-2-13-5-3-4-6-14(13)19-16-18-8-7-15(20-16)21-11-9-17-10-12-21/h3-8,17H,2,9-12H2,1H3,(H,18,19,20). The molecule has 1 fully saturated rings. The van der Waals surface area contributed by atoms with Gasteiger partial charge < -0.3 is 15.5 Å². The van der Waals surface area contributed by atoms with Gasteiger partial charge in [-0.1, -0.05) is 25.1 Å². The van der Waals surface area contributed by atoms with Gasteiger partial charge in [-0.3, -0.25) is 0 Å². The first-order valence-electron chi connectivity index (χ1n) is 7.50. The molecular weight excluding hydrogens is 262 g/mol. The van der Waals surface area contributed by atoms with Gasteiger partial charge in [-0.05, 0) is 24.1 Å². The fourth-order valence-electron chi connectivity index (χ4n) is 2.55. The third-order valence-electron chi connectivity index (χ3n) is 3.73. The van der Waals surface area contributed by atoms with Gasteiger partial charge in [-0.2, -0.15) is 4.98 Å². The van der Waals surface area contributed by atoms with Crippen molar-refractivity contribution >= 4 is 17.5 Å². The summed E-state index contributed by atoms with van der Waals surface area (Å²) in [6, 6.07) is 10.3. The Morgan fingerprint density at radius 3 is 2.81 bits per heavy atom. The zero-order chi connectivity index (χ0) is 14.5. The summed E-state index contributed by atoms with van der Waals surface area (Å²) in [4.78, 5) is 11.3. The molecule has 3 rings (SSSR count). The van der Waals surface area contributed by atoms with Crippen molar-refractivity contribution in [3.8, 4) is 0 Å². The van der Waals surface area contributed by atoms with Gasteiger partial charge in [0.1, 0.15) is 5.82 Å². The Morgan fingerprint density at radius 1 is 1.19 bits per heavy atom. The van der Waals surface area contributed by atoms with Crippen LogP contribution in [-0.2, 0) is 6.42 Å². The van der Waals surface area contributed by atoms with Crippen LogP contribution in [0.25, 0.3) is 0 Å². The van der Waals surface area contributed by atoms with Crippen LogP contribution in [-0.4, -0.2) is 36.1 Å². The first-order valence-corrected chi connectivity index (χ1v) is 7.50. The van der Waals surface area contributed by atoms with E-state index >= 15 is 0 Å². The molecule has 1 aromatic heterocycles. The number of rotatable bonds is 4. The minimum absolute atomic E-state index is 0.659. The van der Waals surface area contributed by atoms with E-state index in [1.807, 2.05) is 18.3 Å². The van der Waals surface area contributed by atoms with Crippen LogP contribution in [0.5, 0.6) is 0 Å². The second-order valence-corrected chi connectivity index (χ2v) is 5.11. The van der Waals surface area contributed by atoms with E-state index in [2.05, 4.69) is 50.6 Å². The Bertz CT molecular complexity index is 593. The van der Waals surface area contributed by atoms with Crippen molar-refractivity contribution in [2.75, 3.05) is 36.4 Å². The molecule has 0 unspecified atom stereocenters. The Morgan fingerprint density at radius 2 is 2.00 bits per heavy atom. The molecule has 110 valence electrons. The average molecular weight is 283 g/mol. The van der Waals surface area contributed by atoms with Crippen molar-refractivity contribution in [1.82, 2.24) is 15.3 Å². The lowest BCUT2D eigenvalue weighted by Gasteiger charge is -2.28. The van der Waals surface area contributed by atoms with Gasteiger partial charge in [0.2, 0.25) is 5.95 Å². The van der Waals surface area contributed by atoms with Crippen molar-refractivity contribution in [3.63, 3.8) is 0 Å². The number of nitrogens with zero attached hydrogens (tertiary/aromatic N) is 3. The van der Waals surface area contributed by atoms with E-state index in [-0.39, 0.29) is 0 Å². The first-order chi connectivity index (χ1) is 10.4. The van der Waals surface area contributed by atoms with Crippen LogP contribution < -0.4 is 15.5 Å². The quantitative estimate of drug-likeness (QED) is 0.901. The summed E-state index contributed by atoms with van der Waals surface area (Å²) in [5, 5.41) is 6.69. The molecule has 0 bridgehead atoms. The van der Waals surface area contributed by atoms with Crippen LogP contribution in [0, 0.1) is 0 Å². The molecule has 5 nitrogen and oxygen atoms in total. The number of hydrogen-bond donors (Lipinski definition) is 2. The van der Waals surface area contributed by atoms with E-state index in [1.165, 1.54) is 5.56 Å². The normalized spacial score (nSPS) is 15.0. The van der Waals surface area contributed by atoms with Gasteiger partial charge in [0.05, 0.1) is 0 Å². The maximum absolute atomic E-state index is 4.64. The summed E-state index contributed by atoms with van der Waals surface area (Å²) in [5.74, 6) is 1.65. The number of aromatic nitrogens is 2.